The van der Waals surface area contributed by atoms with E-state index in [2.05, 4.69) is 15.1 Å². The fourth-order valence-electron chi connectivity index (χ4n) is 1.80. The van der Waals surface area contributed by atoms with E-state index in [1.54, 1.807) is 30.7 Å². The van der Waals surface area contributed by atoms with Crippen LogP contribution in [0, 0.1) is 0 Å². The number of pyridine rings is 2. The van der Waals surface area contributed by atoms with Gasteiger partial charge >= 0.3 is 0 Å². The molecular formula is C13H15N5O. The zero-order chi connectivity index (χ0) is 13.7. The molecule has 2 heterocycles. The average molecular weight is 257 g/mol. The number of hydrogen-bond acceptors (Lipinski definition) is 5. The first-order chi connectivity index (χ1) is 9.22. The summed E-state index contributed by atoms with van der Waals surface area (Å²) in [6.07, 6.45) is 5.19. The van der Waals surface area contributed by atoms with Crippen molar-refractivity contribution in [2.45, 2.75) is 6.54 Å². The fraction of sp³-hybridized carbons (Fsp3) is 0.154. The van der Waals surface area contributed by atoms with Crippen LogP contribution in [-0.2, 0) is 6.54 Å². The first-order valence-corrected chi connectivity index (χ1v) is 5.75. The average Bonchev–Trinajstić information content (AvgIpc) is 2.47. The van der Waals surface area contributed by atoms with Gasteiger partial charge in [0.1, 0.15) is 5.82 Å². The summed E-state index contributed by atoms with van der Waals surface area (Å²) in [4.78, 5) is 10.3. The molecule has 2 aromatic heterocycles. The molecule has 2 rings (SSSR count). The van der Waals surface area contributed by atoms with Gasteiger partial charge in [-0.3, -0.25) is 4.98 Å². The van der Waals surface area contributed by atoms with E-state index in [9.17, 15) is 0 Å². The van der Waals surface area contributed by atoms with Gasteiger partial charge in [0.05, 0.1) is 5.56 Å². The lowest BCUT2D eigenvalue weighted by Crippen LogP contribution is -2.23. The number of nitrogens with zero attached hydrogens (tertiary/aromatic N) is 4. The van der Waals surface area contributed by atoms with Crippen molar-refractivity contribution in [2.24, 2.45) is 10.9 Å². The number of aromatic nitrogens is 2. The topological polar surface area (TPSA) is 87.6 Å². The Labute approximate surface area is 111 Å². The van der Waals surface area contributed by atoms with Gasteiger partial charge < -0.3 is 15.8 Å². The molecule has 0 amide bonds. The molecule has 0 bridgehead atoms. The van der Waals surface area contributed by atoms with E-state index in [1.807, 2.05) is 24.1 Å². The molecule has 2 aromatic rings. The van der Waals surface area contributed by atoms with Gasteiger partial charge in [0.15, 0.2) is 5.84 Å². The summed E-state index contributed by atoms with van der Waals surface area (Å²) in [7, 11) is 1.89. The molecule has 6 nitrogen and oxygen atoms in total. The Bertz CT molecular complexity index is 570. The lowest BCUT2D eigenvalue weighted by atomic mass is 10.2. The van der Waals surface area contributed by atoms with Crippen LogP contribution in [0.2, 0.25) is 0 Å². The fourth-order valence-corrected chi connectivity index (χ4v) is 1.80. The van der Waals surface area contributed by atoms with Crippen molar-refractivity contribution < 1.29 is 5.21 Å². The molecule has 0 atom stereocenters. The summed E-state index contributed by atoms with van der Waals surface area (Å²) in [5.74, 6) is 0.697. The van der Waals surface area contributed by atoms with Crippen LogP contribution in [0.25, 0.3) is 0 Å². The quantitative estimate of drug-likeness (QED) is 0.372. The van der Waals surface area contributed by atoms with Crippen molar-refractivity contribution in [1.82, 2.24) is 9.97 Å². The van der Waals surface area contributed by atoms with Gasteiger partial charge in [-0.15, -0.1) is 0 Å². The molecule has 0 fully saturated rings. The van der Waals surface area contributed by atoms with E-state index in [4.69, 9.17) is 10.9 Å². The Kier molecular flexibility index (Phi) is 3.92. The molecule has 19 heavy (non-hydrogen) atoms. The zero-order valence-electron chi connectivity index (χ0n) is 10.6. The Balaban J connectivity index is 2.27. The van der Waals surface area contributed by atoms with Crippen molar-refractivity contribution in [2.75, 3.05) is 11.9 Å². The molecule has 0 saturated heterocycles. The molecule has 98 valence electrons. The number of hydrogen-bond donors (Lipinski definition) is 2. The second kappa shape index (κ2) is 5.81. The van der Waals surface area contributed by atoms with Crippen LogP contribution >= 0.6 is 0 Å². The number of anilines is 1. The van der Waals surface area contributed by atoms with Crippen LogP contribution in [0.3, 0.4) is 0 Å². The predicted octanol–water partition coefficient (Wildman–Crippen LogP) is 1.21. The molecule has 0 saturated carbocycles. The van der Waals surface area contributed by atoms with Crippen LogP contribution in [0.1, 0.15) is 11.1 Å². The highest BCUT2D eigenvalue weighted by atomic mass is 16.4. The molecule has 0 aliphatic rings. The van der Waals surface area contributed by atoms with E-state index >= 15 is 0 Å². The van der Waals surface area contributed by atoms with E-state index in [0.717, 1.165) is 5.56 Å². The van der Waals surface area contributed by atoms with Crippen LogP contribution < -0.4 is 10.6 Å². The molecule has 0 aromatic carbocycles. The van der Waals surface area contributed by atoms with E-state index in [-0.39, 0.29) is 5.84 Å². The monoisotopic (exact) mass is 257 g/mol. The van der Waals surface area contributed by atoms with Gasteiger partial charge in [-0.25, -0.2) is 4.98 Å². The molecule has 0 aliphatic heterocycles. The molecule has 3 N–H and O–H groups in total. The molecule has 0 unspecified atom stereocenters. The minimum Gasteiger partial charge on any atom is -0.409 e. The number of oxime groups is 1. The number of amidine groups is 1. The van der Waals surface area contributed by atoms with Gasteiger partial charge in [0.2, 0.25) is 0 Å². The van der Waals surface area contributed by atoms with Crippen LogP contribution in [0.5, 0.6) is 0 Å². The lowest BCUT2D eigenvalue weighted by Gasteiger charge is -2.20. The first kappa shape index (κ1) is 12.8. The maximum Gasteiger partial charge on any atom is 0.173 e. The third kappa shape index (κ3) is 2.98. The van der Waals surface area contributed by atoms with E-state index in [1.165, 1.54) is 0 Å². The van der Waals surface area contributed by atoms with Crippen molar-refractivity contribution >= 4 is 11.7 Å². The molecular weight excluding hydrogens is 242 g/mol. The van der Waals surface area contributed by atoms with Gasteiger partial charge in [0.25, 0.3) is 0 Å². The molecule has 0 aliphatic carbocycles. The van der Waals surface area contributed by atoms with Gasteiger partial charge in [0, 0.05) is 32.2 Å². The van der Waals surface area contributed by atoms with Crippen molar-refractivity contribution in [1.29, 1.82) is 0 Å². The number of rotatable bonds is 4. The molecule has 6 heteroatoms. The summed E-state index contributed by atoms with van der Waals surface area (Å²) in [6, 6.07) is 7.37. The Morgan fingerprint density at radius 1 is 1.37 bits per heavy atom. The summed E-state index contributed by atoms with van der Waals surface area (Å²) in [5.41, 5.74) is 7.30. The van der Waals surface area contributed by atoms with Crippen LogP contribution in [0.15, 0.2) is 48.0 Å². The van der Waals surface area contributed by atoms with E-state index in [0.29, 0.717) is 17.9 Å². The maximum atomic E-state index is 8.79. The third-order valence-corrected chi connectivity index (χ3v) is 2.67. The smallest absolute Gasteiger partial charge is 0.173 e. The normalized spacial score (nSPS) is 11.3. The minimum absolute atomic E-state index is 0.0427. The van der Waals surface area contributed by atoms with Gasteiger partial charge in [-0.05, 0) is 23.8 Å². The minimum atomic E-state index is 0.0427. The standard InChI is InChI=1S/C13H15N5O/c1-18(9-10-4-2-6-15-8-10)13-11(12(14)17-19)5-3-7-16-13/h2-8,19H,9H2,1H3,(H2,14,17). The largest absolute Gasteiger partial charge is 0.409 e. The summed E-state index contributed by atoms with van der Waals surface area (Å²) in [6.45, 7) is 0.635. The van der Waals surface area contributed by atoms with Crippen LogP contribution in [-0.4, -0.2) is 28.1 Å². The molecule has 0 radical (unpaired) electrons. The van der Waals surface area contributed by atoms with E-state index < -0.39 is 0 Å². The third-order valence-electron chi connectivity index (χ3n) is 2.67. The SMILES string of the molecule is CN(Cc1cccnc1)c1ncccc1/C(N)=N/O. The predicted molar refractivity (Wildman–Crippen MR) is 73.1 cm³/mol. The first-order valence-electron chi connectivity index (χ1n) is 5.75. The summed E-state index contributed by atoms with van der Waals surface area (Å²) >= 11 is 0. The van der Waals surface area contributed by atoms with Crippen LogP contribution in [0.4, 0.5) is 5.82 Å². The second-order valence-corrected chi connectivity index (χ2v) is 4.08. The van der Waals surface area contributed by atoms with Crippen molar-refractivity contribution in [3.63, 3.8) is 0 Å². The highest BCUT2D eigenvalue weighted by Crippen LogP contribution is 2.17. The Hall–Kier alpha value is -2.63. The highest BCUT2D eigenvalue weighted by molar-refractivity contribution is 6.01. The summed E-state index contributed by atoms with van der Waals surface area (Å²) < 4.78 is 0. The van der Waals surface area contributed by atoms with Crippen molar-refractivity contribution in [3.8, 4) is 0 Å². The Morgan fingerprint density at radius 3 is 2.84 bits per heavy atom. The van der Waals surface area contributed by atoms with Crippen molar-refractivity contribution in [3.05, 3.63) is 54.0 Å². The maximum absolute atomic E-state index is 8.79. The zero-order valence-corrected chi connectivity index (χ0v) is 10.6. The van der Waals surface area contributed by atoms with Gasteiger partial charge in [-0.2, -0.15) is 0 Å². The van der Waals surface area contributed by atoms with Gasteiger partial charge in [-0.1, -0.05) is 11.2 Å². The molecule has 0 spiro atoms. The highest BCUT2D eigenvalue weighted by Gasteiger charge is 2.12. The second-order valence-electron chi connectivity index (χ2n) is 4.08. The summed E-state index contributed by atoms with van der Waals surface area (Å²) in [5, 5.41) is 11.8. The Morgan fingerprint density at radius 2 is 2.16 bits per heavy atom. The number of nitrogens with two attached hydrogens (primary N) is 1. The lowest BCUT2D eigenvalue weighted by molar-refractivity contribution is 0.318.